The van der Waals surface area contributed by atoms with Crippen LogP contribution in [0.1, 0.15) is 16.2 Å². The summed E-state index contributed by atoms with van der Waals surface area (Å²) in [6.45, 7) is 0. The molecule has 0 aliphatic carbocycles. The lowest BCUT2D eigenvalue weighted by molar-refractivity contribution is 0.100. The van der Waals surface area contributed by atoms with Crippen molar-refractivity contribution < 1.29 is 13.9 Å². The van der Waals surface area contributed by atoms with E-state index in [0.29, 0.717) is 22.4 Å². The van der Waals surface area contributed by atoms with Gasteiger partial charge in [-0.3, -0.25) is 4.79 Å². The quantitative estimate of drug-likeness (QED) is 0.673. The lowest BCUT2D eigenvalue weighted by Crippen LogP contribution is -2.03. The first kappa shape index (κ1) is 11.5. The Balaban J connectivity index is 2.08. The second kappa shape index (κ2) is 4.57. The maximum absolute atomic E-state index is 12.4. The van der Waals surface area contributed by atoms with E-state index in [1.807, 2.05) is 18.2 Å². The van der Waals surface area contributed by atoms with E-state index in [1.165, 1.54) is 7.11 Å². The number of carbonyl (C=O) groups is 1. The number of fused-ring (bicyclic) bond motifs is 1. The molecule has 3 rings (SSSR count). The van der Waals surface area contributed by atoms with Gasteiger partial charge < -0.3 is 9.15 Å². The number of para-hydroxylation sites is 3. The number of aromatic nitrogens is 1. The van der Waals surface area contributed by atoms with Crippen molar-refractivity contribution >= 4 is 16.9 Å². The molecule has 0 saturated carbocycles. The first-order valence-electron chi connectivity index (χ1n) is 5.83. The average molecular weight is 253 g/mol. The lowest BCUT2D eigenvalue weighted by atomic mass is 10.1. The molecule has 0 bridgehead atoms. The van der Waals surface area contributed by atoms with Gasteiger partial charge in [-0.25, -0.2) is 4.98 Å². The molecule has 1 heterocycles. The molecule has 1 aromatic heterocycles. The van der Waals surface area contributed by atoms with Crippen LogP contribution in [0.15, 0.2) is 52.9 Å². The first-order valence-corrected chi connectivity index (χ1v) is 5.83. The number of carbonyl (C=O) groups excluding carboxylic acids is 1. The minimum absolute atomic E-state index is 0.0747. The van der Waals surface area contributed by atoms with Crippen molar-refractivity contribution in [2.24, 2.45) is 0 Å². The third-order valence-corrected chi connectivity index (χ3v) is 2.84. The standard InChI is InChI=1S/C15H11NO3/c1-18-12-8-4-2-6-10(12)14(17)15-16-11-7-3-5-9-13(11)19-15/h2-9H,1H3. The van der Waals surface area contributed by atoms with Crippen LogP contribution in [0.2, 0.25) is 0 Å². The van der Waals surface area contributed by atoms with Gasteiger partial charge in [-0.1, -0.05) is 24.3 Å². The molecule has 0 radical (unpaired) electrons. The van der Waals surface area contributed by atoms with E-state index in [2.05, 4.69) is 4.98 Å². The highest BCUT2D eigenvalue weighted by atomic mass is 16.5. The Hall–Kier alpha value is -2.62. The number of methoxy groups -OCH3 is 1. The Morgan fingerprint density at radius 2 is 1.84 bits per heavy atom. The van der Waals surface area contributed by atoms with Crippen LogP contribution in [0.5, 0.6) is 5.75 Å². The summed E-state index contributed by atoms with van der Waals surface area (Å²) in [6.07, 6.45) is 0. The molecule has 4 nitrogen and oxygen atoms in total. The van der Waals surface area contributed by atoms with Crippen LogP contribution < -0.4 is 4.74 Å². The summed E-state index contributed by atoms with van der Waals surface area (Å²) >= 11 is 0. The fourth-order valence-corrected chi connectivity index (χ4v) is 1.92. The Morgan fingerprint density at radius 3 is 2.63 bits per heavy atom. The summed E-state index contributed by atoms with van der Waals surface area (Å²) < 4.78 is 10.6. The van der Waals surface area contributed by atoms with E-state index < -0.39 is 0 Å². The normalized spacial score (nSPS) is 10.6. The molecular formula is C15H11NO3. The van der Waals surface area contributed by atoms with E-state index >= 15 is 0 Å². The molecule has 0 saturated heterocycles. The zero-order valence-corrected chi connectivity index (χ0v) is 10.3. The fourth-order valence-electron chi connectivity index (χ4n) is 1.92. The maximum Gasteiger partial charge on any atom is 0.269 e. The lowest BCUT2D eigenvalue weighted by Gasteiger charge is -2.04. The summed E-state index contributed by atoms with van der Waals surface area (Å²) in [6, 6.07) is 14.3. The van der Waals surface area contributed by atoms with Crippen molar-refractivity contribution in [3.63, 3.8) is 0 Å². The second-order valence-electron chi connectivity index (χ2n) is 4.02. The SMILES string of the molecule is COc1ccccc1C(=O)c1nc2ccccc2o1. The number of hydrogen-bond acceptors (Lipinski definition) is 4. The van der Waals surface area contributed by atoms with Gasteiger partial charge in [0.2, 0.25) is 0 Å². The molecule has 0 spiro atoms. The average Bonchev–Trinajstić information content (AvgIpc) is 2.90. The van der Waals surface area contributed by atoms with Crippen LogP contribution in [-0.2, 0) is 0 Å². The van der Waals surface area contributed by atoms with E-state index in [9.17, 15) is 4.79 Å². The van der Waals surface area contributed by atoms with Crippen LogP contribution >= 0.6 is 0 Å². The predicted molar refractivity (Wildman–Crippen MR) is 70.4 cm³/mol. The van der Waals surface area contributed by atoms with E-state index in [0.717, 1.165) is 0 Å². The zero-order chi connectivity index (χ0) is 13.2. The van der Waals surface area contributed by atoms with E-state index in [-0.39, 0.29) is 11.7 Å². The molecular weight excluding hydrogens is 242 g/mol. The topological polar surface area (TPSA) is 52.3 Å². The first-order chi connectivity index (χ1) is 9.29. The summed E-state index contributed by atoms with van der Waals surface area (Å²) in [5, 5.41) is 0. The number of ketones is 1. The molecule has 4 heteroatoms. The van der Waals surface area contributed by atoms with E-state index in [1.54, 1.807) is 30.3 Å². The molecule has 3 aromatic rings. The molecule has 0 aliphatic rings. The van der Waals surface area contributed by atoms with Crippen molar-refractivity contribution in [3.05, 3.63) is 60.0 Å². The van der Waals surface area contributed by atoms with Crippen molar-refractivity contribution in [1.82, 2.24) is 4.98 Å². The predicted octanol–water partition coefficient (Wildman–Crippen LogP) is 3.07. The van der Waals surface area contributed by atoms with E-state index in [4.69, 9.17) is 9.15 Å². The van der Waals surface area contributed by atoms with Crippen LogP contribution in [0.4, 0.5) is 0 Å². The van der Waals surface area contributed by atoms with Gasteiger partial charge in [0.25, 0.3) is 11.7 Å². The Labute approximate surface area is 109 Å². The van der Waals surface area contributed by atoms with Crippen LogP contribution in [0.3, 0.4) is 0 Å². The minimum atomic E-state index is -0.284. The monoisotopic (exact) mass is 253 g/mol. The van der Waals surface area contributed by atoms with Gasteiger partial charge in [-0.15, -0.1) is 0 Å². The third-order valence-electron chi connectivity index (χ3n) is 2.84. The minimum Gasteiger partial charge on any atom is -0.496 e. The molecule has 19 heavy (non-hydrogen) atoms. The van der Waals surface area contributed by atoms with Gasteiger partial charge in [0, 0.05) is 0 Å². The number of nitrogens with zero attached hydrogens (tertiary/aromatic N) is 1. The fraction of sp³-hybridized carbons (Fsp3) is 0.0667. The largest absolute Gasteiger partial charge is 0.496 e. The van der Waals surface area contributed by atoms with Crippen molar-refractivity contribution in [1.29, 1.82) is 0 Å². The van der Waals surface area contributed by atoms with Crippen LogP contribution in [-0.4, -0.2) is 17.9 Å². The summed E-state index contributed by atoms with van der Waals surface area (Å²) in [4.78, 5) is 16.6. The van der Waals surface area contributed by atoms with Gasteiger partial charge >= 0.3 is 0 Å². The zero-order valence-electron chi connectivity index (χ0n) is 10.3. The maximum atomic E-state index is 12.4. The Morgan fingerprint density at radius 1 is 1.11 bits per heavy atom. The molecule has 0 aliphatic heterocycles. The van der Waals surface area contributed by atoms with Crippen LogP contribution in [0.25, 0.3) is 11.1 Å². The van der Waals surface area contributed by atoms with Gasteiger partial charge in [-0.05, 0) is 24.3 Å². The summed E-state index contributed by atoms with van der Waals surface area (Å²) in [5.41, 5.74) is 1.71. The van der Waals surface area contributed by atoms with Crippen molar-refractivity contribution in [3.8, 4) is 5.75 Å². The third kappa shape index (κ3) is 1.97. The van der Waals surface area contributed by atoms with Gasteiger partial charge in [0.05, 0.1) is 12.7 Å². The number of benzene rings is 2. The van der Waals surface area contributed by atoms with Gasteiger partial charge in [0.15, 0.2) is 5.58 Å². The smallest absolute Gasteiger partial charge is 0.269 e. The molecule has 0 atom stereocenters. The van der Waals surface area contributed by atoms with Crippen molar-refractivity contribution in [2.45, 2.75) is 0 Å². The number of rotatable bonds is 3. The molecule has 0 amide bonds. The van der Waals surface area contributed by atoms with Crippen LogP contribution in [0, 0.1) is 0 Å². The van der Waals surface area contributed by atoms with Gasteiger partial charge in [-0.2, -0.15) is 0 Å². The molecule has 94 valence electrons. The molecule has 0 N–H and O–H groups in total. The van der Waals surface area contributed by atoms with Gasteiger partial charge in [0.1, 0.15) is 11.3 Å². The molecule has 0 fully saturated rings. The summed E-state index contributed by atoms with van der Waals surface area (Å²) in [7, 11) is 1.53. The summed E-state index contributed by atoms with van der Waals surface area (Å²) in [5.74, 6) is 0.300. The number of hydrogen-bond donors (Lipinski definition) is 0. The van der Waals surface area contributed by atoms with Crippen molar-refractivity contribution in [2.75, 3.05) is 7.11 Å². The Kier molecular flexibility index (Phi) is 2.76. The highest BCUT2D eigenvalue weighted by Crippen LogP contribution is 2.23. The molecule has 0 unspecified atom stereocenters. The highest BCUT2D eigenvalue weighted by molar-refractivity contribution is 6.08. The highest BCUT2D eigenvalue weighted by Gasteiger charge is 2.19. The number of oxazole rings is 1. The molecule has 2 aromatic carbocycles. The number of ether oxygens (including phenoxy) is 1. The second-order valence-corrected chi connectivity index (χ2v) is 4.02. The Bertz CT molecular complexity index is 713.